The van der Waals surface area contributed by atoms with Crippen LogP contribution in [0.4, 0.5) is 10.5 Å². The van der Waals surface area contributed by atoms with Crippen molar-refractivity contribution >= 4 is 47.4 Å². The lowest BCUT2D eigenvalue weighted by Crippen LogP contribution is -2.62. The molecule has 0 bridgehead atoms. The van der Waals surface area contributed by atoms with Crippen molar-refractivity contribution in [2.24, 2.45) is 11.8 Å². The van der Waals surface area contributed by atoms with Gasteiger partial charge in [0, 0.05) is 11.3 Å². The molecule has 0 saturated carbocycles. The number of carbonyl (C=O) groups is 5. The van der Waals surface area contributed by atoms with E-state index >= 15 is 0 Å². The van der Waals surface area contributed by atoms with Gasteiger partial charge in [-0.3, -0.25) is 24.6 Å². The number of anilines is 1. The van der Waals surface area contributed by atoms with Gasteiger partial charge < -0.3 is 25.0 Å². The number of hydrogen-bond donors (Lipinski definition) is 4. The van der Waals surface area contributed by atoms with E-state index in [4.69, 9.17) is 9.47 Å². The SMILES string of the molecule is CSCCC(NC(=O)c1ccc(N(C(=O)O)C2NCCC(C(=O)OC(C)(C)C)C2C(=O)OC(C)(C)C)cc1-c1ccccc1)C(=O)O. The van der Waals surface area contributed by atoms with Crippen LogP contribution in [0.25, 0.3) is 11.1 Å². The van der Waals surface area contributed by atoms with Crippen LogP contribution in [0.2, 0.25) is 0 Å². The Morgan fingerprint density at radius 3 is 2.13 bits per heavy atom. The fraction of sp³-hybridized carbons (Fsp3) is 0.500. The zero-order chi connectivity index (χ0) is 35.1. The third kappa shape index (κ3) is 10.2. The summed E-state index contributed by atoms with van der Waals surface area (Å²) in [5.41, 5.74) is -0.612. The van der Waals surface area contributed by atoms with E-state index < -0.39 is 65.2 Å². The zero-order valence-corrected chi connectivity index (χ0v) is 28.7. The molecule has 0 radical (unpaired) electrons. The topological polar surface area (TPSA) is 172 Å². The molecule has 12 nitrogen and oxygen atoms in total. The molecule has 13 heteroatoms. The van der Waals surface area contributed by atoms with Gasteiger partial charge in [0.1, 0.15) is 29.3 Å². The molecule has 4 unspecified atom stereocenters. The largest absolute Gasteiger partial charge is 0.480 e. The standard InChI is InChI=1S/C34H45N3O9S/c1-33(2,3)45-30(41)23-15-17-35-27(26(23)31(42)46-34(4,5)6)37(32(43)44)21-13-14-22(24(19-21)20-11-9-8-10-12-20)28(38)36-25(29(39)40)16-18-47-7/h8-14,19,23,25-27,35H,15-18H2,1-7H3,(H,36,38)(H,39,40)(H,43,44). The smallest absolute Gasteiger partial charge is 0.413 e. The Morgan fingerprint density at radius 2 is 1.57 bits per heavy atom. The molecular formula is C34H45N3O9S. The molecule has 47 heavy (non-hydrogen) atoms. The van der Waals surface area contributed by atoms with E-state index in [-0.39, 0.29) is 30.6 Å². The summed E-state index contributed by atoms with van der Waals surface area (Å²) >= 11 is 1.46. The summed E-state index contributed by atoms with van der Waals surface area (Å²) in [6, 6.07) is 12.0. The first-order valence-corrected chi connectivity index (χ1v) is 16.8. The molecule has 1 heterocycles. The van der Waals surface area contributed by atoms with Crippen molar-refractivity contribution in [1.82, 2.24) is 10.6 Å². The van der Waals surface area contributed by atoms with E-state index in [1.54, 1.807) is 71.9 Å². The Balaban J connectivity index is 2.14. The number of benzene rings is 2. The van der Waals surface area contributed by atoms with E-state index in [0.717, 1.165) is 4.90 Å². The summed E-state index contributed by atoms with van der Waals surface area (Å²) in [6.07, 6.45) is -0.393. The van der Waals surface area contributed by atoms with Crippen LogP contribution >= 0.6 is 11.8 Å². The van der Waals surface area contributed by atoms with Gasteiger partial charge in [-0.2, -0.15) is 11.8 Å². The molecule has 4 N–H and O–H groups in total. The van der Waals surface area contributed by atoms with Crippen molar-refractivity contribution in [1.29, 1.82) is 0 Å². The Bertz CT molecular complexity index is 1450. The fourth-order valence-corrected chi connectivity index (χ4v) is 5.80. The summed E-state index contributed by atoms with van der Waals surface area (Å²) in [7, 11) is 0. The number of nitrogens with one attached hydrogen (secondary N) is 2. The number of amides is 2. The maximum atomic E-state index is 13.7. The molecule has 2 amide bonds. The van der Waals surface area contributed by atoms with Crippen molar-refractivity contribution in [3.8, 4) is 11.1 Å². The summed E-state index contributed by atoms with van der Waals surface area (Å²) in [6.45, 7) is 10.4. The molecule has 2 aromatic carbocycles. The summed E-state index contributed by atoms with van der Waals surface area (Å²) < 4.78 is 11.3. The van der Waals surface area contributed by atoms with Gasteiger partial charge in [0.25, 0.3) is 5.91 Å². The lowest BCUT2D eigenvalue weighted by atomic mass is 9.82. The number of rotatable bonds is 11. The first-order chi connectivity index (χ1) is 21.9. The monoisotopic (exact) mass is 671 g/mol. The Morgan fingerprint density at radius 1 is 0.957 bits per heavy atom. The van der Waals surface area contributed by atoms with Crippen LogP contribution in [0.1, 0.15) is 64.7 Å². The summed E-state index contributed by atoms with van der Waals surface area (Å²) in [5.74, 6) is -4.98. The molecule has 3 rings (SSSR count). The predicted molar refractivity (Wildman–Crippen MR) is 179 cm³/mol. The minimum Gasteiger partial charge on any atom is -0.480 e. The quantitative estimate of drug-likeness (QED) is 0.237. The highest BCUT2D eigenvalue weighted by Gasteiger charge is 2.49. The molecule has 4 atom stereocenters. The van der Waals surface area contributed by atoms with Crippen molar-refractivity contribution < 1.29 is 43.7 Å². The zero-order valence-electron chi connectivity index (χ0n) is 27.9. The van der Waals surface area contributed by atoms with Crippen LogP contribution in [0.15, 0.2) is 48.5 Å². The molecule has 1 fully saturated rings. The highest BCUT2D eigenvalue weighted by atomic mass is 32.2. The fourth-order valence-electron chi connectivity index (χ4n) is 5.33. The van der Waals surface area contributed by atoms with Crippen molar-refractivity contribution in [3.63, 3.8) is 0 Å². The number of esters is 2. The predicted octanol–water partition coefficient (Wildman–Crippen LogP) is 5.01. The van der Waals surface area contributed by atoms with Gasteiger partial charge >= 0.3 is 24.0 Å². The number of carboxylic acid groups (broad SMARTS) is 2. The highest BCUT2D eigenvalue weighted by molar-refractivity contribution is 7.98. The second-order valence-electron chi connectivity index (χ2n) is 13.3. The number of nitrogens with zero attached hydrogens (tertiary/aromatic N) is 1. The van der Waals surface area contributed by atoms with Gasteiger partial charge in [0.05, 0.1) is 5.92 Å². The number of ether oxygens (including phenoxy) is 2. The summed E-state index contributed by atoms with van der Waals surface area (Å²) in [4.78, 5) is 66.5. The number of carbonyl (C=O) groups excluding carboxylic acids is 3. The molecular weight excluding hydrogens is 626 g/mol. The van der Waals surface area contributed by atoms with Gasteiger partial charge in [0.15, 0.2) is 0 Å². The molecule has 0 aliphatic carbocycles. The van der Waals surface area contributed by atoms with Crippen molar-refractivity contribution in [2.75, 3.05) is 23.5 Å². The lowest BCUT2D eigenvalue weighted by molar-refractivity contribution is -0.176. The third-order valence-corrected chi connectivity index (χ3v) is 7.92. The highest BCUT2D eigenvalue weighted by Crippen LogP contribution is 2.36. The van der Waals surface area contributed by atoms with Gasteiger partial charge in [-0.25, -0.2) is 9.59 Å². The Kier molecular flexibility index (Phi) is 12.4. The third-order valence-electron chi connectivity index (χ3n) is 7.28. The number of carboxylic acids is 1. The van der Waals surface area contributed by atoms with Crippen LogP contribution in [0, 0.1) is 11.8 Å². The Hall–Kier alpha value is -4.10. The minimum atomic E-state index is -1.42. The lowest BCUT2D eigenvalue weighted by Gasteiger charge is -2.42. The van der Waals surface area contributed by atoms with E-state index in [0.29, 0.717) is 16.9 Å². The average molecular weight is 672 g/mol. The second kappa shape index (κ2) is 15.7. The van der Waals surface area contributed by atoms with Crippen LogP contribution in [0.3, 0.4) is 0 Å². The maximum Gasteiger partial charge on any atom is 0.413 e. The Labute approximate surface area is 279 Å². The van der Waals surface area contributed by atoms with E-state index in [1.165, 1.54) is 30.0 Å². The number of piperidine rings is 1. The van der Waals surface area contributed by atoms with Crippen LogP contribution in [-0.2, 0) is 23.9 Å². The van der Waals surface area contributed by atoms with E-state index in [9.17, 15) is 34.2 Å². The summed E-state index contributed by atoms with van der Waals surface area (Å²) in [5, 5.41) is 26.0. The van der Waals surface area contributed by atoms with E-state index in [1.807, 2.05) is 6.26 Å². The van der Waals surface area contributed by atoms with Crippen molar-refractivity contribution in [2.45, 2.75) is 77.8 Å². The number of aliphatic carboxylic acids is 1. The molecule has 256 valence electrons. The first kappa shape index (κ1) is 37.4. The minimum absolute atomic E-state index is 0.112. The van der Waals surface area contributed by atoms with Gasteiger partial charge in [-0.05, 0) is 102 Å². The number of thioether (sulfide) groups is 1. The van der Waals surface area contributed by atoms with Gasteiger partial charge in [0.2, 0.25) is 0 Å². The molecule has 2 aromatic rings. The van der Waals surface area contributed by atoms with Crippen molar-refractivity contribution in [3.05, 3.63) is 54.1 Å². The molecule has 1 saturated heterocycles. The van der Waals surface area contributed by atoms with Crippen LogP contribution in [-0.4, -0.2) is 82.1 Å². The van der Waals surface area contributed by atoms with Gasteiger partial charge in [-0.15, -0.1) is 0 Å². The normalized spacial score (nSPS) is 18.8. The van der Waals surface area contributed by atoms with E-state index in [2.05, 4.69) is 10.6 Å². The molecule has 0 spiro atoms. The second-order valence-corrected chi connectivity index (χ2v) is 14.3. The molecule has 1 aliphatic rings. The van der Waals surface area contributed by atoms with Crippen LogP contribution < -0.4 is 15.5 Å². The van der Waals surface area contributed by atoms with Crippen LogP contribution in [0.5, 0.6) is 0 Å². The van der Waals surface area contributed by atoms with Gasteiger partial charge in [-0.1, -0.05) is 30.3 Å². The maximum absolute atomic E-state index is 13.7. The molecule has 0 aromatic heterocycles. The molecule has 1 aliphatic heterocycles. The average Bonchev–Trinajstić information content (AvgIpc) is 2.97. The number of hydrogen-bond acceptors (Lipinski definition) is 9. The first-order valence-electron chi connectivity index (χ1n) is 15.4.